The van der Waals surface area contributed by atoms with Crippen molar-refractivity contribution in [3.63, 3.8) is 0 Å². The third-order valence-electron chi connectivity index (χ3n) is 2.77. The molecule has 0 amide bonds. The first-order chi connectivity index (χ1) is 6.49. The predicted octanol–water partition coefficient (Wildman–Crippen LogP) is 2.44. The summed E-state index contributed by atoms with van der Waals surface area (Å²) in [4.78, 5) is 0. The topological polar surface area (TPSA) is 46.2 Å². The van der Waals surface area contributed by atoms with Crippen molar-refractivity contribution in [2.24, 2.45) is 11.1 Å². The molecule has 0 saturated carbocycles. The van der Waals surface area contributed by atoms with Crippen molar-refractivity contribution in [3.8, 4) is 0 Å². The van der Waals surface area contributed by atoms with Gasteiger partial charge >= 0.3 is 0 Å². The van der Waals surface area contributed by atoms with E-state index in [4.69, 9.17) is 5.73 Å². The average molecular weight is 230 g/mol. The average Bonchev–Trinajstić information content (AvgIpc) is 2.17. The maximum absolute atomic E-state index is 9.24. The molecule has 0 aliphatic carbocycles. The molecule has 15 heavy (non-hydrogen) atoms. The van der Waals surface area contributed by atoms with E-state index in [0.29, 0.717) is 0 Å². The molecule has 0 aromatic heterocycles. The Bertz CT molecular complexity index is 312. The highest BCUT2D eigenvalue weighted by molar-refractivity contribution is 5.85. The zero-order chi connectivity index (χ0) is 10.8. The zero-order valence-corrected chi connectivity index (χ0v) is 10.3. The van der Waals surface area contributed by atoms with Crippen molar-refractivity contribution < 1.29 is 5.11 Å². The molecule has 0 unspecified atom stereocenters. The number of rotatable bonds is 3. The van der Waals surface area contributed by atoms with Gasteiger partial charge in [0.05, 0.1) is 0 Å². The van der Waals surface area contributed by atoms with Gasteiger partial charge in [-0.15, -0.1) is 12.4 Å². The lowest BCUT2D eigenvalue weighted by Gasteiger charge is -2.30. The van der Waals surface area contributed by atoms with E-state index in [1.807, 2.05) is 45.0 Å². The molecule has 0 radical (unpaired) electrons. The van der Waals surface area contributed by atoms with Crippen LogP contribution in [0.3, 0.4) is 0 Å². The molecule has 0 aliphatic heterocycles. The van der Waals surface area contributed by atoms with Crippen molar-refractivity contribution in [1.29, 1.82) is 0 Å². The number of nitrogens with two attached hydrogens (primary N) is 1. The molecule has 0 saturated heterocycles. The van der Waals surface area contributed by atoms with Crippen molar-refractivity contribution >= 4 is 12.4 Å². The molecule has 2 nitrogen and oxygen atoms in total. The highest BCUT2D eigenvalue weighted by atomic mass is 35.5. The van der Waals surface area contributed by atoms with Crippen LogP contribution in [0.4, 0.5) is 0 Å². The van der Waals surface area contributed by atoms with E-state index >= 15 is 0 Å². The fourth-order valence-electron chi connectivity index (χ4n) is 1.46. The maximum Gasteiger partial charge on any atom is 0.0500 e. The summed E-state index contributed by atoms with van der Waals surface area (Å²) < 4.78 is 0. The number of hydrogen-bond acceptors (Lipinski definition) is 2. The van der Waals surface area contributed by atoms with Crippen LogP contribution in [-0.2, 0) is 0 Å². The van der Waals surface area contributed by atoms with Crippen LogP contribution in [0.2, 0.25) is 0 Å². The SMILES string of the molecule is Cc1ccccc1[C@@H](N)C(C)(C)CO.Cl. The van der Waals surface area contributed by atoms with Gasteiger partial charge in [-0.1, -0.05) is 38.1 Å². The second-order valence-corrected chi connectivity index (χ2v) is 4.48. The summed E-state index contributed by atoms with van der Waals surface area (Å²) in [7, 11) is 0. The molecule has 0 fully saturated rings. The quantitative estimate of drug-likeness (QED) is 0.837. The van der Waals surface area contributed by atoms with Gasteiger partial charge in [0, 0.05) is 18.1 Å². The van der Waals surface area contributed by atoms with Crippen LogP contribution >= 0.6 is 12.4 Å². The van der Waals surface area contributed by atoms with E-state index in [1.54, 1.807) is 0 Å². The van der Waals surface area contributed by atoms with Crippen molar-refractivity contribution in [2.75, 3.05) is 6.61 Å². The standard InChI is InChI=1S/C12H19NO.ClH/c1-9-6-4-5-7-10(9)11(13)12(2,3)8-14;/h4-7,11,14H,8,13H2,1-3H3;1H/t11-;/m1./s1. The second kappa shape index (κ2) is 5.50. The highest BCUT2D eigenvalue weighted by Crippen LogP contribution is 2.31. The van der Waals surface area contributed by atoms with Crippen LogP contribution in [0.25, 0.3) is 0 Å². The molecule has 0 spiro atoms. The van der Waals surface area contributed by atoms with E-state index in [1.165, 1.54) is 5.56 Å². The summed E-state index contributed by atoms with van der Waals surface area (Å²) in [6.45, 7) is 6.10. The minimum absolute atomic E-state index is 0. The number of benzene rings is 1. The maximum atomic E-state index is 9.24. The minimum Gasteiger partial charge on any atom is -0.396 e. The highest BCUT2D eigenvalue weighted by Gasteiger charge is 2.27. The summed E-state index contributed by atoms with van der Waals surface area (Å²) >= 11 is 0. The molecular formula is C12H20ClNO. The number of hydrogen-bond donors (Lipinski definition) is 2. The Kier molecular flexibility index (Phi) is 5.29. The number of aryl methyl sites for hydroxylation is 1. The Morgan fingerprint density at radius 1 is 1.33 bits per heavy atom. The Hall–Kier alpha value is -0.570. The van der Waals surface area contributed by atoms with Crippen LogP contribution in [0, 0.1) is 12.3 Å². The lowest BCUT2D eigenvalue weighted by Crippen LogP contribution is -2.32. The van der Waals surface area contributed by atoms with Gasteiger partial charge in [-0.3, -0.25) is 0 Å². The summed E-state index contributed by atoms with van der Waals surface area (Å²) in [5, 5.41) is 9.24. The van der Waals surface area contributed by atoms with Gasteiger partial charge in [-0.05, 0) is 18.1 Å². The number of aliphatic hydroxyl groups excluding tert-OH is 1. The lowest BCUT2D eigenvalue weighted by molar-refractivity contribution is 0.132. The van der Waals surface area contributed by atoms with Crippen LogP contribution in [0.15, 0.2) is 24.3 Å². The van der Waals surface area contributed by atoms with Gasteiger partial charge in [-0.2, -0.15) is 0 Å². The molecule has 0 aliphatic rings. The van der Waals surface area contributed by atoms with Crippen molar-refractivity contribution in [3.05, 3.63) is 35.4 Å². The van der Waals surface area contributed by atoms with E-state index in [2.05, 4.69) is 0 Å². The number of aliphatic hydroxyl groups is 1. The summed E-state index contributed by atoms with van der Waals surface area (Å²) in [5.74, 6) is 0. The van der Waals surface area contributed by atoms with Gasteiger partial charge in [0.1, 0.15) is 0 Å². The molecule has 1 aromatic rings. The van der Waals surface area contributed by atoms with E-state index in [0.717, 1.165) is 5.56 Å². The molecule has 0 heterocycles. The van der Waals surface area contributed by atoms with E-state index < -0.39 is 0 Å². The normalized spacial score (nSPS) is 13.1. The molecule has 1 aromatic carbocycles. The number of halogens is 1. The monoisotopic (exact) mass is 229 g/mol. The molecule has 86 valence electrons. The first-order valence-corrected chi connectivity index (χ1v) is 4.91. The molecule has 0 bridgehead atoms. The fourth-order valence-corrected chi connectivity index (χ4v) is 1.46. The van der Waals surface area contributed by atoms with E-state index in [9.17, 15) is 5.11 Å². The second-order valence-electron chi connectivity index (χ2n) is 4.48. The summed E-state index contributed by atoms with van der Waals surface area (Å²) in [5.41, 5.74) is 8.15. The fraction of sp³-hybridized carbons (Fsp3) is 0.500. The van der Waals surface area contributed by atoms with Crippen molar-refractivity contribution in [2.45, 2.75) is 26.8 Å². The largest absolute Gasteiger partial charge is 0.396 e. The van der Waals surface area contributed by atoms with Gasteiger partial charge in [-0.25, -0.2) is 0 Å². The van der Waals surface area contributed by atoms with Gasteiger partial charge < -0.3 is 10.8 Å². The Morgan fingerprint density at radius 2 is 1.87 bits per heavy atom. The van der Waals surface area contributed by atoms with Gasteiger partial charge in [0.2, 0.25) is 0 Å². The molecule has 1 atom stereocenters. The third kappa shape index (κ3) is 3.20. The molecule has 3 N–H and O–H groups in total. The smallest absolute Gasteiger partial charge is 0.0500 e. The Morgan fingerprint density at radius 3 is 2.33 bits per heavy atom. The summed E-state index contributed by atoms with van der Waals surface area (Å²) in [6, 6.07) is 7.93. The Balaban J connectivity index is 0.00000196. The Labute approximate surface area is 97.9 Å². The minimum atomic E-state index is -0.272. The van der Waals surface area contributed by atoms with Crippen LogP contribution in [-0.4, -0.2) is 11.7 Å². The van der Waals surface area contributed by atoms with Crippen LogP contribution in [0.5, 0.6) is 0 Å². The van der Waals surface area contributed by atoms with E-state index in [-0.39, 0.29) is 30.5 Å². The molecule has 3 heteroatoms. The van der Waals surface area contributed by atoms with Crippen molar-refractivity contribution in [1.82, 2.24) is 0 Å². The lowest BCUT2D eigenvalue weighted by atomic mass is 9.80. The molecule has 1 rings (SSSR count). The van der Waals surface area contributed by atoms with Crippen LogP contribution in [0.1, 0.15) is 31.0 Å². The first-order valence-electron chi connectivity index (χ1n) is 4.91. The van der Waals surface area contributed by atoms with Crippen LogP contribution < -0.4 is 5.73 Å². The first kappa shape index (κ1) is 14.4. The third-order valence-corrected chi connectivity index (χ3v) is 2.77. The molecular weight excluding hydrogens is 210 g/mol. The van der Waals surface area contributed by atoms with Gasteiger partial charge in [0.25, 0.3) is 0 Å². The summed E-state index contributed by atoms with van der Waals surface area (Å²) in [6.07, 6.45) is 0. The van der Waals surface area contributed by atoms with Gasteiger partial charge in [0.15, 0.2) is 0 Å². The zero-order valence-electron chi connectivity index (χ0n) is 9.53. The predicted molar refractivity (Wildman–Crippen MR) is 66.2 cm³/mol.